The van der Waals surface area contributed by atoms with Crippen LogP contribution in [0.5, 0.6) is 0 Å². The average Bonchev–Trinajstić information content (AvgIpc) is 2.73. The molecule has 0 aromatic carbocycles. The van der Waals surface area contributed by atoms with Crippen molar-refractivity contribution in [2.75, 3.05) is 13.1 Å². The third-order valence-corrected chi connectivity index (χ3v) is 2.78. The molecule has 0 spiro atoms. The highest BCUT2D eigenvalue weighted by Gasteiger charge is 2.31. The number of hydrogen-bond acceptors (Lipinski definition) is 4. The maximum atomic E-state index is 13.2. The third kappa shape index (κ3) is 2.35. The smallest absolute Gasteiger partial charge is 0.150 e. The number of alkyl halides is 1. The molecule has 2 atom stereocenters. The first kappa shape index (κ1) is 10.6. The van der Waals surface area contributed by atoms with Gasteiger partial charge in [0.05, 0.1) is 12.2 Å². The Bertz CT molecular complexity index is 328. The maximum Gasteiger partial charge on any atom is 0.150 e. The zero-order valence-electron chi connectivity index (χ0n) is 8.82. The number of aryl methyl sites for hydroxylation is 1. The molecule has 1 aromatic rings. The van der Waals surface area contributed by atoms with Gasteiger partial charge in [-0.25, -0.2) is 4.39 Å². The minimum absolute atomic E-state index is 0.130. The quantitative estimate of drug-likeness (QED) is 0.809. The second-order valence-corrected chi connectivity index (χ2v) is 4.09. The first-order valence-corrected chi connectivity index (χ1v) is 5.19. The van der Waals surface area contributed by atoms with Crippen molar-refractivity contribution >= 4 is 0 Å². The van der Waals surface area contributed by atoms with Gasteiger partial charge in [-0.2, -0.15) is 0 Å². The predicted octanol–water partition coefficient (Wildman–Crippen LogP) is 0.854. The van der Waals surface area contributed by atoms with E-state index >= 15 is 0 Å². The Labute approximate surface area is 88.2 Å². The normalized spacial score (nSPS) is 27.4. The van der Waals surface area contributed by atoms with Gasteiger partial charge in [0.25, 0.3) is 0 Å². The second kappa shape index (κ2) is 4.28. The molecule has 5 heteroatoms. The highest BCUT2D eigenvalue weighted by atomic mass is 19.1. The summed E-state index contributed by atoms with van der Waals surface area (Å²) >= 11 is 0. The molecule has 2 N–H and O–H groups in total. The first-order valence-electron chi connectivity index (χ1n) is 5.19. The van der Waals surface area contributed by atoms with E-state index in [1.165, 1.54) is 0 Å². The topological polar surface area (TPSA) is 55.3 Å². The van der Waals surface area contributed by atoms with Crippen molar-refractivity contribution in [3.63, 3.8) is 0 Å². The number of rotatable bonds is 3. The van der Waals surface area contributed by atoms with E-state index in [0.29, 0.717) is 26.1 Å². The first-order chi connectivity index (χ1) is 7.19. The molecule has 0 bridgehead atoms. The highest BCUT2D eigenvalue weighted by Crippen LogP contribution is 2.22. The van der Waals surface area contributed by atoms with Crippen LogP contribution in [0.4, 0.5) is 4.39 Å². The van der Waals surface area contributed by atoms with Crippen LogP contribution in [0.25, 0.3) is 0 Å². The second-order valence-electron chi connectivity index (χ2n) is 4.09. The fraction of sp³-hybridized carbons (Fsp3) is 0.700. The fourth-order valence-electron chi connectivity index (χ4n) is 2.05. The molecule has 2 rings (SSSR count). The van der Waals surface area contributed by atoms with E-state index in [2.05, 4.69) is 5.16 Å². The molecule has 1 saturated heterocycles. The number of aromatic nitrogens is 1. The summed E-state index contributed by atoms with van der Waals surface area (Å²) in [5.74, 6) is 0.778. The van der Waals surface area contributed by atoms with Crippen LogP contribution in [0.15, 0.2) is 10.6 Å². The summed E-state index contributed by atoms with van der Waals surface area (Å²) in [6, 6.07) is 2.00. The van der Waals surface area contributed by atoms with Gasteiger partial charge in [-0.15, -0.1) is 0 Å². The molecule has 2 heterocycles. The van der Waals surface area contributed by atoms with Gasteiger partial charge >= 0.3 is 0 Å². The number of nitrogens with zero attached hydrogens (tertiary/aromatic N) is 2. The number of likely N-dealkylation sites (tertiary alicyclic amines) is 1. The van der Waals surface area contributed by atoms with Gasteiger partial charge in [0.1, 0.15) is 6.17 Å². The zero-order chi connectivity index (χ0) is 10.8. The van der Waals surface area contributed by atoms with Crippen LogP contribution in [-0.4, -0.2) is 35.4 Å². The van der Waals surface area contributed by atoms with Crippen LogP contribution in [0.3, 0.4) is 0 Å². The van der Waals surface area contributed by atoms with Crippen molar-refractivity contribution in [1.82, 2.24) is 10.1 Å². The average molecular weight is 213 g/mol. The van der Waals surface area contributed by atoms with E-state index < -0.39 is 6.17 Å². The Balaban J connectivity index is 1.99. The standard InChI is InChI=1S/C10H16FN3O/c1-7-2-10(15-13-7)6-14-5-8(11)3-9(14)4-12/h2,8-9H,3-6,12H2,1H3/t8-,9-/m1/s1. The molecule has 1 aliphatic rings. The monoisotopic (exact) mass is 213 g/mol. The van der Waals surface area contributed by atoms with Crippen molar-refractivity contribution in [2.45, 2.75) is 32.1 Å². The van der Waals surface area contributed by atoms with Crippen LogP contribution in [0.2, 0.25) is 0 Å². The lowest BCUT2D eigenvalue weighted by molar-refractivity contribution is 0.210. The summed E-state index contributed by atoms with van der Waals surface area (Å²) in [4.78, 5) is 2.02. The Morgan fingerprint density at radius 1 is 1.73 bits per heavy atom. The van der Waals surface area contributed by atoms with Crippen LogP contribution in [0.1, 0.15) is 17.9 Å². The van der Waals surface area contributed by atoms with E-state index in [1.54, 1.807) is 0 Å². The summed E-state index contributed by atoms with van der Waals surface area (Å²) in [5.41, 5.74) is 6.44. The number of hydrogen-bond donors (Lipinski definition) is 1. The van der Waals surface area contributed by atoms with E-state index in [9.17, 15) is 4.39 Å². The van der Waals surface area contributed by atoms with Gasteiger partial charge in [-0.05, 0) is 13.3 Å². The van der Waals surface area contributed by atoms with Crippen molar-refractivity contribution in [1.29, 1.82) is 0 Å². The Morgan fingerprint density at radius 2 is 2.53 bits per heavy atom. The summed E-state index contributed by atoms with van der Waals surface area (Å²) < 4.78 is 18.3. The molecule has 0 unspecified atom stereocenters. The van der Waals surface area contributed by atoms with Gasteiger partial charge in [0.2, 0.25) is 0 Å². The molecular formula is C10H16FN3O. The highest BCUT2D eigenvalue weighted by molar-refractivity contribution is 5.04. The van der Waals surface area contributed by atoms with Gasteiger partial charge in [-0.1, -0.05) is 5.16 Å². The van der Waals surface area contributed by atoms with Crippen molar-refractivity contribution < 1.29 is 8.91 Å². The zero-order valence-corrected chi connectivity index (χ0v) is 8.82. The molecular weight excluding hydrogens is 197 g/mol. The van der Waals surface area contributed by atoms with Gasteiger partial charge in [0, 0.05) is 25.2 Å². The molecule has 84 valence electrons. The molecule has 0 saturated carbocycles. The SMILES string of the molecule is Cc1cc(CN2C[C@H](F)C[C@@H]2CN)on1. The number of halogens is 1. The molecule has 1 aromatic heterocycles. The summed E-state index contributed by atoms with van der Waals surface area (Å²) in [6.07, 6.45) is -0.230. The molecule has 1 fully saturated rings. The predicted molar refractivity (Wildman–Crippen MR) is 54.0 cm³/mol. The Morgan fingerprint density at radius 3 is 3.13 bits per heavy atom. The van der Waals surface area contributed by atoms with Crippen LogP contribution in [0, 0.1) is 6.92 Å². The largest absolute Gasteiger partial charge is 0.360 e. The fourth-order valence-corrected chi connectivity index (χ4v) is 2.05. The Kier molecular flexibility index (Phi) is 3.02. The summed E-state index contributed by atoms with van der Waals surface area (Å²) in [5, 5.41) is 3.80. The molecule has 1 aliphatic heterocycles. The van der Waals surface area contributed by atoms with Crippen LogP contribution >= 0.6 is 0 Å². The van der Waals surface area contributed by atoms with E-state index in [0.717, 1.165) is 11.5 Å². The maximum absolute atomic E-state index is 13.2. The minimum atomic E-state index is -0.762. The van der Waals surface area contributed by atoms with Gasteiger partial charge in [0.15, 0.2) is 5.76 Å². The van der Waals surface area contributed by atoms with Crippen molar-refractivity contribution in [3.05, 3.63) is 17.5 Å². The summed E-state index contributed by atoms with van der Waals surface area (Å²) in [6.45, 7) is 3.41. The lowest BCUT2D eigenvalue weighted by Crippen LogP contribution is -2.34. The number of nitrogens with two attached hydrogens (primary N) is 1. The van der Waals surface area contributed by atoms with Gasteiger partial charge in [-0.3, -0.25) is 4.90 Å². The van der Waals surface area contributed by atoms with Gasteiger partial charge < -0.3 is 10.3 Å². The molecule has 0 aliphatic carbocycles. The lowest BCUT2D eigenvalue weighted by atomic mass is 10.2. The lowest BCUT2D eigenvalue weighted by Gasteiger charge is -2.20. The molecule has 4 nitrogen and oxygen atoms in total. The summed E-state index contributed by atoms with van der Waals surface area (Å²) in [7, 11) is 0. The van der Waals surface area contributed by atoms with Crippen molar-refractivity contribution in [2.24, 2.45) is 5.73 Å². The van der Waals surface area contributed by atoms with Crippen LogP contribution in [-0.2, 0) is 6.54 Å². The minimum Gasteiger partial charge on any atom is -0.360 e. The van der Waals surface area contributed by atoms with E-state index in [1.807, 2.05) is 17.9 Å². The molecule has 0 radical (unpaired) electrons. The van der Waals surface area contributed by atoms with Crippen LogP contribution < -0.4 is 5.73 Å². The van der Waals surface area contributed by atoms with E-state index in [4.69, 9.17) is 10.3 Å². The van der Waals surface area contributed by atoms with Crippen molar-refractivity contribution in [3.8, 4) is 0 Å². The molecule has 0 amide bonds. The molecule has 15 heavy (non-hydrogen) atoms. The Hall–Kier alpha value is -0.940. The third-order valence-electron chi connectivity index (χ3n) is 2.78. The van der Waals surface area contributed by atoms with E-state index in [-0.39, 0.29) is 6.04 Å².